The van der Waals surface area contributed by atoms with Crippen LogP contribution in [-0.2, 0) is 10.0 Å². The van der Waals surface area contributed by atoms with Crippen molar-refractivity contribution in [2.45, 2.75) is 23.1 Å². The first-order chi connectivity index (χ1) is 8.09. The van der Waals surface area contributed by atoms with Gasteiger partial charge in [-0.25, -0.2) is 8.42 Å². The first-order valence-corrected chi connectivity index (χ1v) is 7.48. The molecule has 1 aromatic heterocycles. The molecule has 0 unspecified atom stereocenters. The number of nitriles is 1. The normalized spacial score (nSPS) is 21.5. The largest absolute Gasteiger partial charge is 0.395 e. The summed E-state index contributed by atoms with van der Waals surface area (Å²) < 4.78 is 26.0. The van der Waals surface area contributed by atoms with Crippen LogP contribution in [0.1, 0.15) is 17.7 Å². The van der Waals surface area contributed by atoms with Crippen molar-refractivity contribution in [1.82, 2.24) is 4.31 Å². The Balaban J connectivity index is 2.33. The van der Waals surface area contributed by atoms with Crippen LogP contribution in [0.2, 0.25) is 0 Å². The summed E-state index contributed by atoms with van der Waals surface area (Å²) in [6.45, 7) is 0.281. The van der Waals surface area contributed by atoms with E-state index in [1.807, 2.05) is 6.07 Å². The third-order valence-corrected chi connectivity index (χ3v) is 6.20. The highest BCUT2D eigenvalue weighted by molar-refractivity contribution is 7.91. The first kappa shape index (κ1) is 12.5. The predicted octanol–water partition coefficient (Wildman–Crippen LogP) is 0.765. The van der Waals surface area contributed by atoms with Gasteiger partial charge in [0.2, 0.25) is 0 Å². The number of hydrogen-bond donors (Lipinski definition) is 1. The van der Waals surface area contributed by atoms with Crippen molar-refractivity contribution in [3.05, 3.63) is 17.0 Å². The molecular weight excluding hydrogens is 260 g/mol. The molecule has 17 heavy (non-hydrogen) atoms. The van der Waals surface area contributed by atoms with Gasteiger partial charge < -0.3 is 5.11 Å². The fraction of sp³-hybridized carbons (Fsp3) is 0.500. The second-order valence-electron chi connectivity index (χ2n) is 3.82. The van der Waals surface area contributed by atoms with Crippen LogP contribution in [-0.4, -0.2) is 37.0 Å². The van der Waals surface area contributed by atoms with Crippen molar-refractivity contribution in [2.24, 2.45) is 0 Å². The van der Waals surface area contributed by atoms with Crippen LogP contribution in [0.3, 0.4) is 0 Å². The van der Waals surface area contributed by atoms with Gasteiger partial charge in [-0.2, -0.15) is 9.57 Å². The van der Waals surface area contributed by atoms with Gasteiger partial charge in [0.15, 0.2) is 0 Å². The Kier molecular flexibility index (Phi) is 3.49. The molecule has 1 N–H and O–H groups in total. The van der Waals surface area contributed by atoms with Gasteiger partial charge in [-0.1, -0.05) is 0 Å². The van der Waals surface area contributed by atoms with Gasteiger partial charge in [-0.05, 0) is 25.0 Å². The molecule has 0 radical (unpaired) electrons. The summed E-state index contributed by atoms with van der Waals surface area (Å²) >= 11 is 0.967. The molecule has 5 nitrogen and oxygen atoms in total. The predicted molar refractivity (Wildman–Crippen MR) is 63.0 cm³/mol. The van der Waals surface area contributed by atoms with E-state index in [1.165, 1.54) is 16.4 Å². The molecule has 0 aliphatic carbocycles. The minimum absolute atomic E-state index is 0.157. The van der Waals surface area contributed by atoms with Gasteiger partial charge in [0, 0.05) is 12.6 Å². The maximum atomic E-state index is 12.2. The Labute approximate surface area is 104 Å². The lowest BCUT2D eigenvalue weighted by atomic mass is 10.2. The summed E-state index contributed by atoms with van der Waals surface area (Å²) in [5.41, 5.74) is 0. The van der Waals surface area contributed by atoms with E-state index in [-0.39, 0.29) is 16.9 Å². The Morgan fingerprint density at radius 2 is 2.35 bits per heavy atom. The lowest BCUT2D eigenvalue weighted by molar-refractivity contribution is 0.213. The topological polar surface area (TPSA) is 81.4 Å². The molecule has 7 heteroatoms. The van der Waals surface area contributed by atoms with Gasteiger partial charge in [-0.15, -0.1) is 11.3 Å². The summed E-state index contributed by atoms with van der Waals surface area (Å²) in [6, 6.07) is 4.55. The quantitative estimate of drug-likeness (QED) is 0.881. The fourth-order valence-electron chi connectivity index (χ4n) is 1.94. The molecule has 1 aromatic rings. The number of nitrogens with zero attached hydrogens (tertiary/aromatic N) is 2. The smallest absolute Gasteiger partial charge is 0.252 e. The van der Waals surface area contributed by atoms with Crippen LogP contribution in [0.15, 0.2) is 16.3 Å². The highest BCUT2D eigenvalue weighted by atomic mass is 32.2. The average molecular weight is 272 g/mol. The van der Waals surface area contributed by atoms with Gasteiger partial charge in [-0.3, -0.25) is 0 Å². The first-order valence-electron chi connectivity index (χ1n) is 5.22. The van der Waals surface area contributed by atoms with Gasteiger partial charge in [0.25, 0.3) is 10.0 Å². The van der Waals surface area contributed by atoms with Crippen molar-refractivity contribution in [1.29, 1.82) is 5.26 Å². The number of aliphatic hydroxyl groups excluding tert-OH is 1. The second kappa shape index (κ2) is 4.74. The summed E-state index contributed by atoms with van der Waals surface area (Å²) in [4.78, 5) is 0.378. The van der Waals surface area contributed by atoms with Crippen molar-refractivity contribution in [2.75, 3.05) is 13.2 Å². The molecule has 1 aliphatic heterocycles. The Bertz CT molecular complexity index is 544. The molecule has 0 bridgehead atoms. The lowest BCUT2D eigenvalue weighted by Crippen LogP contribution is -2.37. The molecule has 2 rings (SSSR count). The SMILES string of the molecule is N#Cc1ccc(S(=O)(=O)N2CCC[C@H]2CO)s1. The van der Waals surface area contributed by atoms with E-state index < -0.39 is 10.0 Å². The minimum Gasteiger partial charge on any atom is -0.395 e. The highest BCUT2D eigenvalue weighted by Gasteiger charge is 2.35. The van der Waals surface area contributed by atoms with E-state index in [9.17, 15) is 8.42 Å². The molecule has 1 fully saturated rings. The fourth-order valence-corrected chi connectivity index (χ4v) is 4.86. The molecule has 1 saturated heterocycles. The van der Waals surface area contributed by atoms with Crippen LogP contribution in [0.5, 0.6) is 0 Å². The van der Waals surface area contributed by atoms with E-state index in [0.717, 1.165) is 17.8 Å². The monoisotopic (exact) mass is 272 g/mol. The van der Waals surface area contributed by atoms with Gasteiger partial charge >= 0.3 is 0 Å². The summed E-state index contributed by atoms with van der Waals surface area (Å²) in [5.74, 6) is 0. The van der Waals surface area contributed by atoms with E-state index in [0.29, 0.717) is 17.8 Å². The van der Waals surface area contributed by atoms with Crippen LogP contribution >= 0.6 is 11.3 Å². The summed E-state index contributed by atoms with van der Waals surface area (Å²) in [6.07, 6.45) is 1.45. The molecule has 1 atom stereocenters. The number of thiophene rings is 1. The highest BCUT2D eigenvalue weighted by Crippen LogP contribution is 2.29. The zero-order valence-electron chi connectivity index (χ0n) is 9.04. The van der Waals surface area contributed by atoms with E-state index >= 15 is 0 Å². The number of aliphatic hydroxyl groups is 1. The molecule has 0 amide bonds. The summed E-state index contributed by atoms with van der Waals surface area (Å²) in [5, 5.41) is 17.8. The van der Waals surface area contributed by atoms with E-state index in [2.05, 4.69) is 0 Å². The standard InChI is InChI=1S/C10H12N2O3S2/c11-6-9-3-4-10(16-9)17(14,15)12-5-1-2-8(12)7-13/h3-4,8,13H,1-2,5,7H2/t8-/m0/s1. The van der Waals surface area contributed by atoms with Crippen molar-refractivity contribution < 1.29 is 13.5 Å². The molecule has 1 aliphatic rings. The zero-order chi connectivity index (χ0) is 12.5. The van der Waals surface area contributed by atoms with Gasteiger partial charge in [0.1, 0.15) is 15.2 Å². The van der Waals surface area contributed by atoms with Crippen LogP contribution in [0.4, 0.5) is 0 Å². The van der Waals surface area contributed by atoms with Crippen LogP contribution < -0.4 is 0 Å². The molecular formula is C10H12N2O3S2. The number of sulfonamides is 1. The second-order valence-corrected chi connectivity index (χ2v) is 7.03. The minimum atomic E-state index is -3.55. The third kappa shape index (κ3) is 2.21. The van der Waals surface area contributed by atoms with E-state index in [4.69, 9.17) is 10.4 Å². The van der Waals surface area contributed by atoms with E-state index in [1.54, 1.807) is 0 Å². The van der Waals surface area contributed by atoms with Crippen LogP contribution in [0, 0.1) is 11.3 Å². The Hall–Kier alpha value is -0.940. The number of hydrogen-bond acceptors (Lipinski definition) is 5. The van der Waals surface area contributed by atoms with Crippen molar-refractivity contribution in [3.63, 3.8) is 0 Å². The van der Waals surface area contributed by atoms with Crippen LogP contribution in [0.25, 0.3) is 0 Å². The molecule has 2 heterocycles. The maximum Gasteiger partial charge on any atom is 0.252 e. The molecule has 0 aromatic carbocycles. The molecule has 0 saturated carbocycles. The van der Waals surface area contributed by atoms with Crippen molar-refractivity contribution >= 4 is 21.4 Å². The molecule has 0 spiro atoms. The zero-order valence-corrected chi connectivity index (χ0v) is 10.7. The average Bonchev–Trinajstić information content (AvgIpc) is 2.97. The third-order valence-electron chi connectivity index (χ3n) is 2.79. The summed E-state index contributed by atoms with van der Waals surface area (Å²) in [7, 11) is -3.55. The lowest BCUT2D eigenvalue weighted by Gasteiger charge is -2.21. The maximum absolute atomic E-state index is 12.2. The number of rotatable bonds is 3. The van der Waals surface area contributed by atoms with Gasteiger partial charge in [0.05, 0.1) is 6.61 Å². The Morgan fingerprint density at radius 3 is 2.94 bits per heavy atom. The Morgan fingerprint density at radius 1 is 1.59 bits per heavy atom. The van der Waals surface area contributed by atoms with Crippen molar-refractivity contribution in [3.8, 4) is 6.07 Å². The molecule has 92 valence electrons.